The second kappa shape index (κ2) is 4.49. The molecule has 4 nitrogen and oxygen atoms in total. The molecule has 0 unspecified atom stereocenters. The number of nitrogens with one attached hydrogen (secondary N) is 1. The molecule has 1 aromatic heterocycles. The summed E-state index contributed by atoms with van der Waals surface area (Å²) < 4.78 is 11.9. The normalized spacial score (nSPS) is 12.9. The molecule has 5 heteroatoms. The van der Waals surface area contributed by atoms with Crippen molar-refractivity contribution in [1.29, 1.82) is 0 Å². The molecule has 0 spiro atoms. The second-order valence-electron chi connectivity index (χ2n) is 4.20. The highest BCUT2D eigenvalue weighted by Crippen LogP contribution is 2.39. The lowest BCUT2D eigenvalue weighted by molar-refractivity contribution is -0.118. The third-order valence-electron chi connectivity index (χ3n) is 2.92. The number of hydrogen-bond donors (Lipinski definition) is 1. The highest BCUT2D eigenvalue weighted by atomic mass is 32.1. The highest BCUT2D eigenvalue weighted by molar-refractivity contribution is 7.17. The number of hydrogen-bond acceptors (Lipinski definition) is 4. The molecular formula is C13H13NO3S. The van der Waals surface area contributed by atoms with Gasteiger partial charge in [0.2, 0.25) is 12.7 Å². The van der Waals surface area contributed by atoms with Crippen LogP contribution in [-0.4, -0.2) is 19.2 Å². The van der Waals surface area contributed by atoms with Gasteiger partial charge in [-0.3, -0.25) is 4.79 Å². The summed E-state index contributed by atoms with van der Waals surface area (Å²) in [6.07, 6.45) is 0.833. The quantitative estimate of drug-likeness (QED) is 0.924. The minimum atomic E-state index is 0.00663. The van der Waals surface area contributed by atoms with Gasteiger partial charge >= 0.3 is 0 Å². The van der Waals surface area contributed by atoms with Gasteiger partial charge in [0, 0.05) is 24.2 Å². The van der Waals surface area contributed by atoms with Crippen LogP contribution in [0.25, 0.3) is 10.1 Å². The van der Waals surface area contributed by atoms with E-state index in [2.05, 4.69) is 10.7 Å². The van der Waals surface area contributed by atoms with Crippen molar-refractivity contribution in [1.82, 2.24) is 5.32 Å². The molecule has 0 fully saturated rings. The average molecular weight is 263 g/mol. The molecule has 0 saturated heterocycles. The molecule has 1 aliphatic heterocycles. The molecule has 1 aromatic carbocycles. The van der Waals surface area contributed by atoms with E-state index in [4.69, 9.17) is 9.47 Å². The van der Waals surface area contributed by atoms with Crippen molar-refractivity contribution in [2.75, 3.05) is 13.3 Å². The van der Waals surface area contributed by atoms with Crippen LogP contribution in [0, 0.1) is 0 Å². The van der Waals surface area contributed by atoms with Gasteiger partial charge in [0.25, 0.3) is 0 Å². The molecule has 0 aliphatic carbocycles. The van der Waals surface area contributed by atoms with Crippen LogP contribution in [0.4, 0.5) is 0 Å². The van der Waals surface area contributed by atoms with Crippen molar-refractivity contribution in [3.8, 4) is 11.5 Å². The number of ether oxygens (including phenoxy) is 2. The van der Waals surface area contributed by atoms with E-state index in [1.807, 2.05) is 12.1 Å². The maximum absolute atomic E-state index is 10.8. The van der Waals surface area contributed by atoms with Crippen molar-refractivity contribution in [3.63, 3.8) is 0 Å². The lowest BCUT2D eigenvalue weighted by Gasteiger charge is -2.02. The van der Waals surface area contributed by atoms with E-state index in [0.717, 1.165) is 17.9 Å². The lowest BCUT2D eigenvalue weighted by atomic mass is 10.1. The van der Waals surface area contributed by atoms with Gasteiger partial charge in [0.05, 0.1) is 0 Å². The largest absolute Gasteiger partial charge is 0.454 e. The minimum Gasteiger partial charge on any atom is -0.454 e. The summed E-state index contributed by atoms with van der Waals surface area (Å²) in [6, 6.07) is 4.04. The molecule has 3 rings (SSSR count). The zero-order chi connectivity index (χ0) is 12.5. The molecule has 1 aliphatic rings. The van der Waals surface area contributed by atoms with Crippen LogP contribution < -0.4 is 14.8 Å². The van der Waals surface area contributed by atoms with Gasteiger partial charge in [-0.2, -0.15) is 0 Å². The molecule has 94 valence electrons. The summed E-state index contributed by atoms with van der Waals surface area (Å²) in [7, 11) is 0. The Morgan fingerprint density at radius 1 is 1.39 bits per heavy atom. The third-order valence-corrected chi connectivity index (χ3v) is 3.91. The van der Waals surface area contributed by atoms with E-state index in [0.29, 0.717) is 13.3 Å². The highest BCUT2D eigenvalue weighted by Gasteiger charge is 2.16. The minimum absolute atomic E-state index is 0.00663. The first kappa shape index (κ1) is 11.3. The summed E-state index contributed by atoms with van der Waals surface area (Å²) in [5, 5.41) is 6.13. The summed E-state index contributed by atoms with van der Waals surface area (Å²) in [5.41, 5.74) is 1.24. The maximum Gasteiger partial charge on any atom is 0.231 e. The van der Waals surface area contributed by atoms with E-state index in [1.165, 1.54) is 22.6 Å². The van der Waals surface area contributed by atoms with E-state index in [1.54, 1.807) is 11.3 Å². The Morgan fingerprint density at radius 3 is 2.94 bits per heavy atom. The van der Waals surface area contributed by atoms with Crippen LogP contribution in [0.3, 0.4) is 0 Å². The monoisotopic (exact) mass is 263 g/mol. The van der Waals surface area contributed by atoms with E-state index in [-0.39, 0.29) is 5.91 Å². The standard InChI is InChI=1S/C13H13NO3S/c1-8(15)14-3-2-9-6-18-13-5-12-11(4-10(9)13)16-7-17-12/h4-6H,2-3,7H2,1H3,(H,14,15). The van der Waals surface area contributed by atoms with Gasteiger partial charge in [-0.25, -0.2) is 0 Å². The molecule has 0 saturated carbocycles. The second-order valence-corrected chi connectivity index (χ2v) is 5.11. The maximum atomic E-state index is 10.8. The summed E-state index contributed by atoms with van der Waals surface area (Å²) in [6.45, 7) is 2.49. The first-order chi connectivity index (χ1) is 8.74. The van der Waals surface area contributed by atoms with Crippen LogP contribution >= 0.6 is 11.3 Å². The SMILES string of the molecule is CC(=O)NCCc1csc2cc3c(cc12)OCO3. The molecule has 0 atom stereocenters. The van der Waals surface area contributed by atoms with Crippen LogP contribution in [0.1, 0.15) is 12.5 Å². The molecular weight excluding hydrogens is 250 g/mol. The fourth-order valence-corrected chi connectivity index (χ4v) is 3.04. The molecule has 0 bridgehead atoms. The summed E-state index contributed by atoms with van der Waals surface area (Å²) in [5.74, 6) is 1.63. The summed E-state index contributed by atoms with van der Waals surface area (Å²) in [4.78, 5) is 10.8. The molecule has 2 heterocycles. The van der Waals surface area contributed by atoms with Crippen LogP contribution in [0.5, 0.6) is 11.5 Å². The molecule has 2 aromatic rings. The number of amides is 1. The van der Waals surface area contributed by atoms with Crippen molar-refractivity contribution in [2.24, 2.45) is 0 Å². The lowest BCUT2D eigenvalue weighted by Crippen LogP contribution is -2.22. The molecule has 1 N–H and O–H groups in total. The Bertz CT molecular complexity index is 606. The van der Waals surface area contributed by atoms with Crippen molar-refractivity contribution in [3.05, 3.63) is 23.1 Å². The average Bonchev–Trinajstić information content (AvgIpc) is 2.92. The van der Waals surface area contributed by atoms with Crippen LogP contribution in [0.15, 0.2) is 17.5 Å². The van der Waals surface area contributed by atoms with E-state index in [9.17, 15) is 4.79 Å². The summed E-state index contributed by atoms with van der Waals surface area (Å²) >= 11 is 1.69. The Labute approximate surface area is 109 Å². The van der Waals surface area contributed by atoms with Crippen LogP contribution in [-0.2, 0) is 11.2 Å². The number of rotatable bonds is 3. The number of benzene rings is 1. The smallest absolute Gasteiger partial charge is 0.231 e. The van der Waals surface area contributed by atoms with Crippen molar-refractivity contribution < 1.29 is 14.3 Å². The number of carbonyl (C=O) groups excluding carboxylic acids is 1. The van der Waals surface area contributed by atoms with Gasteiger partial charge in [0.1, 0.15) is 0 Å². The predicted octanol–water partition coefficient (Wildman–Crippen LogP) is 2.31. The van der Waals surface area contributed by atoms with Gasteiger partial charge in [0.15, 0.2) is 11.5 Å². The molecule has 0 radical (unpaired) electrons. The Balaban J connectivity index is 1.87. The van der Waals surface area contributed by atoms with Gasteiger partial charge < -0.3 is 14.8 Å². The molecule has 18 heavy (non-hydrogen) atoms. The zero-order valence-corrected chi connectivity index (χ0v) is 10.8. The first-order valence-corrected chi connectivity index (χ1v) is 6.66. The van der Waals surface area contributed by atoms with Gasteiger partial charge in [-0.15, -0.1) is 11.3 Å². The van der Waals surface area contributed by atoms with Gasteiger partial charge in [-0.05, 0) is 28.8 Å². The number of fused-ring (bicyclic) bond motifs is 2. The van der Waals surface area contributed by atoms with Crippen molar-refractivity contribution >= 4 is 27.3 Å². The Morgan fingerprint density at radius 2 is 2.17 bits per heavy atom. The van der Waals surface area contributed by atoms with Crippen LogP contribution in [0.2, 0.25) is 0 Å². The topological polar surface area (TPSA) is 47.6 Å². The van der Waals surface area contributed by atoms with Gasteiger partial charge in [-0.1, -0.05) is 0 Å². The predicted molar refractivity (Wildman–Crippen MR) is 70.3 cm³/mol. The Kier molecular flexibility index (Phi) is 2.83. The fourth-order valence-electron chi connectivity index (χ4n) is 2.04. The van der Waals surface area contributed by atoms with Crippen molar-refractivity contribution in [2.45, 2.75) is 13.3 Å². The zero-order valence-electron chi connectivity index (χ0n) is 9.99. The first-order valence-electron chi connectivity index (χ1n) is 5.78. The molecule has 1 amide bonds. The number of carbonyl (C=O) groups is 1. The third kappa shape index (κ3) is 2.01. The van der Waals surface area contributed by atoms with E-state index >= 15 is 0 Å². The number of thiophene rings is 1. The van der Waals surface area contributed by atoms with E-state index < -0.39 is 0 Å². The fraction of sp³-hybridized carbons (Fsp3) is 0.308. The Hall–Kier alpha value is -1.75.